The molecule has 0 aliphatic heterocycles. The molecule has 28 heavy (non-hydrogen) atoms. The van der Waals surface area contributed by atoms with E-state index in [0.717, 1.165) is 17.9 Å². The Balaban J connectivity index is 3.22. The van der Waals surface area contributed by atoms with Crippen molar-refractivity contribution in [3.8, 4) is 0 Å². The van der Waals surface area contributed by atoms with Gasteiger partial charge in [-0.1, -0.05) is 0 Å². The summed E-state index contributed by atoms with van der Waals surface area (Å²) < 4.78 is 10.4. The zero-order valence-electron chi connectivity index (χ0n) is 17.2. The van der Waals surface area contributed by atoms with Gasteiger partial charge >= 0.3 is 12.1 Å². The molecule has 0 heterocycles. The third kappa shape index (κ3) is 6.98. The predicted octanol–water partition coefficient (Wildman–Crippen LogP) is 3.83. The highest BCUT2D eigenvalue weighted by Crippen LogP contribution is 2.24. The number of esters is 1. The summed E-state index contributed by atoms with van der Waals surface area (Å²) in [5.41, 5.74) is -1.92. The van der Waals surface area contributed by atoms with Crippen LogP contribution in [0.3, 0.4) is 0 Å². The van der Waals surface area contributed by atoms with E-state index >= 15 is 0 Å². The van der Waals surface area contributed by atoms with Gasteiger partial charge in [0.05, 0.1) is 17.0 Å². The minimum Gasteiger partial charge on any atom is -0.456 e. The molecule has 1 aromatic carbocycles. The average Bonchev–Trinajstić information content (AvgIpc) is 2.48. The molecule has 2 amide bonds. The maximum Gasteiger partial charge on any atom is 0.417 e. The molecule has 1 aromatic rings. The lowest BCUT2D eigenvalue weighted by Crippen LogP contribution is -2.39. The smallest absolute Gasteiger partial charge is 0.417 e. The standard InChI is InChI=1S/C19H26N2O7/c1-12(22)20(17(24)28-19(5,6)7)11-14-9-8-13(10-15(14)21(25)26)16(23)27-18(2,3)4/h8-10H,11H2,1-7H3. The number of nitro benzene ring substituents is 1. The number of nitrogens with zero attached hydrogens (tertiary/aromatic N) is 2. The van der Waals surface area contributed by atoms with Crippen LogP contribution in [0.25, 0.3) is 0 Å². The fourth-order valence-electron chi connectivity index (χ4n) is 2.12. The average molecular weight is 394 g/mol. The fraction of sp³-hybridized carbons (Fsp3) is 0.526. The summed E-state index contributed by atoms with van der Waals surface area (Å²) in [5.74, 6) is -1.34. The third-order valence-electron chi connectivity index (χ3n) is 3.24. The van der Waals surface area contributed by atoms with E-state index in [1.54, 1.807) is 41.5 Å². The number of benzene rings is 1. The van der Waals surface area contributed by atoms with Gasteiger partial charge in [-0.3, -0.25) is 14.9 Å². The first-order chi connectivity index (χ1) is 12.6. The summed E-state index contributed by atoms with van der Waals surface area (Å²) in [4.78, 5) is 47.8. The van der Waals surface area contributed by atoms with Crippen molar-refractivity contribution in [2.24, 2.45) is 0 Å². The van der Waals surface area contributed by atoms with Crippen molar-refractivity contribution in [1.29, 1.82) is 0 Å². The highest BCUT2D eigenvalue weighted by molar-refractivity contribution is 5.92. The maximum absolute atomic E-state index is 12.3. The van der Waals surface area contributed by atoms with Crippen LogP contribution in [0.15, 0.2) is 18.2 Å². The molecule has 0 aromatic heterocycles. The van der Waals surface area contributed by atoms with Crippen molar-refractivity contribution in [1.82, 2.24) is 4.90 Å². The molecule has 0 N–H and O–H groups in total. The van der Waals surface area contributed by atoms with E-state index in [-0.39, 0.29) is 17.7 Å². The van der Waals surface area contributed by atoms with Crippen LogP contribution in [-0.2, 0) is 20.8 Å². The first-order valence-corrected chi connectivity index (χ1v) is 8.62. The van der Waals surface area contributed by atoms with Crippen LogP contribution < -0.4 is 0 Å². The number of nitro groups is 1. The summed E-state index contributed by atoms with van der Waals surface area (Å²) in [6, 6.07) is 3.73. The minimum absolute atomic E-state index is 0.00276. The molecule has 1 rings (SSSR count). The predicted molar refractivity (Wildman–Crippen MR) is 101 cm³/mol. The summed E-state index contributed by atoms with van der Waals surface area (Å²) in [5, 5.41) is 11.5. The lowest BCUT2D eigenvalue weighted by Gasteiger charge is -2.25. The van der Waals surface area contributed by atoms with Crippen molar-refractivity contribution in [3.63, 3.8) is 0 Å². The summed E-state index contributed by atoms with van der Waals surface area (Å²) in [6.45, 7) is 10.8. The molecule has 0 aliphatic carbocycles. The van der Waals surface area contributed by atoms with Gasteiger partial charge in [0.25, 0.3) is 5.69 Å². The Hall–Kier alpha value is -2.97. The molecule has 9 nitrogen and oxygen atoms in total. The number of hydrogen-bond acceptors (Lipinski definition) is 7. The molecule has 0 fully saturated rings. The van der Waals surface area contributed by atoms with E-state index in [0.29, 0.717) is 0 Å². The Bertz CT molecular complexity index is 788. The quantitative estimate of drug-likeness (QED) is 0.433. The van der Waals surface area contributed by atoms with Gasteiger partial charge in [0, 0.05) is 18.6 Å². The van der Waals surface area contributed by atoms with E-state index in [2.05, 4.69) is 0 Å². The number of rotatable bonds is 4. The number of carbonyl (C=O) groups excluding carboxylic acids is 3. The molecular weight excluding hydrogens is 368 g/mol. The first-order valence-electron chi connectivity index (χ1n) is 8.62. The second-order valence-corrected chi connectivity index (χ2v) is 8.19. The molecule has 9 heteroatoms. The van der Waals surface area contributed by atoms with Crippen molar-refractivity contribution in [2.75, 3.05) is 0 Å². The van der Waals surface area contributed by atoms with E-state index in [9.17, 15) is 24.5 Å². The Morgan fingerprint density at radius 1 is 1.04 bits per heavy atom. The maximum atomic E-state index is 12.3. The van der Waals surface area contributed by atoms with Gasteiger partial charge in [-0.15, -0.1) is 0 Å². The van der Waals surface area contributed by atoms with Crippen molar-refractivity contribution < 1.29 is 28.8 Å². The van der Waals surface area contributed by atoms with Crippen molar-refractivity contribution >= 4 is 23.7 Å². The largest absolute Gasteiger partial charge is 0.456 e. The number of imide groups is 1. The fourth-order valence-corrected chi connectivity index (χ4v) is 2.12. The summed E-state index contributed by atoms with van der Waals surface area (Å²) in [6.07, 6.45) is -0.912. The monoisotopic (exact) mass is 394 g/mol. The Kier molecular flexibility index (Phi) is 6.89. The Morgan fingerprint density at radius 2 is 1.57 bits per heavy atom. The van der Waals surface area contributed by atoms with Crippen LogP contribution >= 0.6 is 0 Å². The third-order valence-corrected chi connectivity index (χ3v) is 3.24. The summed E-state index contributed by atoms with van der Waals surface area (Å²) in [7, 11) is 0. The van der Waals surface area contributed by atoms with Gasteiger partial charge in [0.2, 0.25) is 5.91 Å². The van der Waals surface area contributed by atoms with Gasteiger partial charge in [-0.05, 0) is 53.7 Å². The van der Waals surface area contributed by atoms with Crippen LogP contribution in [-0.4, -0.2) is 39.0 Å². The molecular formula is C19H26N2O7. The SMILES string of the molecule is CC(=O)N(Cc1ccc(C(=O)OC(C)(C)C)cc1[N+](=O)[O-])C(=O)OC(C)(C)C. The normalized spacial score (nSPS) is 11.5. The van der Waals surface area contributed by atoms with E-state index < -0.39 is 39.8 Å². The lowest BCUT2D eigenvalue weighted by atomic mass is 10.1. The summed E-state index contributed by atoms with van der Waals surface area (Å²) >= 11 is 0. The van der Waals surface area contributed by atoms with Gasteiger partial charge in [-0.2, -0.15) is 0 Å². The van der Waals surface area contributed by atoms with Crippen molar-refractivity contribution in [2.45, 2.75) is 66.2 Å². The molecule has 0 aliphatic rings. The van der Waals surface area contributed by atoms with E-state index in [1.807, 2.05) is 0 Å². The van der Waals surface area contributed by atoms with Gasteiger partial charge in [-0.25, -0.2) is 14.5 Å². The molecule has 0 spiro atoms. The molecule has 154 valence electrons. The molecule has 0 atom stereocenters. The Morgan fingerprint density at radius 3 is 2.00 bits per heavy atom. The van der Waals surface area contributed by atoms with Crippen LogP contribution in [0.4, 0.5) is 10.5 Å². The number of ether oxygens (including phenoxy) is 2. The number of hydrogen-bond donors (Lipinski definition) is 0. The molecule has 0 saturated heterocycles. The van der Waals surface area contributed by atoms with E-state index in [4.69, 9.17) is 9.47 Å². The second-order valence-electron chi connectivity index (χ2n) is 8.19. The lowest BCUT2D eigenvalue weighted by molar-refractivity contribution is -0.385. The molecule has 0 bridgehead atoms. The second kappa shape index (κ2) is 8.37. The van der Waals surface area contributed by atoms with Crippen LogP contribution in [0.1, 0.15) is 64.4 Å². The minimum atomic E-state index is -0.912. The van der Waals surface area contributed by atoms with Gasteiger partial charge in [0.15, 0.2) is 0 Å². The van der Waals surface area contributed by atoms with Crippen molar-refractivity contribution in [3.05, 3.63) is 39.4 Å². The van der Waals surface area contributed by atoms with Gasteiger partial charge in [0.1, 0.15) is 11.2 Å². The number of amides is 2. The molecule has 0 radical (unpaired) electrons. The Labute approximate surface area is 163 Å². The zero-order chi connectivity index (χ0) is 21.9. The van der Waals surface area contributed by atoms with Crippen LogP contribution in [0.2, 0.25) is 0 Å². The van der Waals surface area contributed by atoms with Crippen LogP contribution in [0.5, 0.6) is 0 Å². The number of carbonyl (C=O) groups is 3. The van der Waals surface area contributed by atoms with Gasteiger partial charge < -0.3 is 9.47 Å². The highest BCUT2D eigenvalue weighted by atomic mass is 16.6. The molecule has 0 unspecified atom stereocenters. The topological polar surface area (TPSA) is 116 Å². The zero-order valence-corrected chi connectivity index (χ0v) is 17.2. The highest BCUT2D eigenvalue weighted by Gasteiger charge is 2.28. The van der Waals surface area contributed by atoms with Crippen LogP contribution in [0, 0.1) is 10.1 Å². The molecule has 0 saturated carbocycles. The first kappa shape index (κ1) is 23.1. The van der Waals surface area contributed by atoms with E-state index in [1.165, 1.54) is 12.1 Å².